The number of carbonyl (C=O) groups is 1. The van der Waals surface area contributed by atoms with Crippen LogP contribution in [0.15, 0.2) is 69.9 Å². The molecule has 1 atom stereocenters. The normalized spacial score (nSPS) is 15.0. The van der Waals surface area contributed by atoms with Crippen molar-refractivity contribution in [2.24, 2.45) is 0 Å². The fourth-order valence-corrected chi connectivity index (χ4v) is 4.70. The van der Waals surface area contributed by atoms with Gasteiger partial charge in [0.1, 0.15) is 11.3 Å². The summed E-state index contributed by atoms with van der Waals surface area (Å²) in [6.07, 6.45) is 2.03. The first-order chi connectivity index (χ1) is 16.9. The third kappa shape index (κ3) is 4.10. The van der Waals surface area contributed by atoms with E-state index in [0.717, 1.165) is 35.3 Å². The van der Waals surface area contributed by atoms with Gasteiger partial charge in [0.05, 0.1) is 23.6 Å². The van der Waals surface area contributed by atoms with Crippen molar-refractivity contribution < 1.29 is 13.9 Å². The van der Waals surface area contributed by atoms with Crippen LogP contribution in [-0.2, 0) is 0 Å². The number of ether oxygens (including phenoxy) is 1. The maximum Gasteiger partial charge on any atom is 0.295 e. The number of hydrogen-bond acceptors (Lipinski definition) is 4. The van der Waals surface area contributed by atoms with Crippen molar-refractivity contribution in [2.45, 2.75) is 39.7 Å². The van der Waals surface area contributed by atoms with Gasteiger partial charge in [0, 0.05) is 10.7 Å². The van der Waals surface area contributed by atoms with Gasteiger partial charge in [0.2, 0.25) is 5.76 Å². The van der Waals surface area contributed by atoms with Gasteiger partial charge in [-0.15, -0.1) is 0 Å². The summed E-state index contributed by atoms with van der Waals surface area (Å²) < 4.78 is 11.9. The number of unbranched alkanes of at least 4 members (excludes halogenated alkanes) is 1. The van der Waals surface area contributed by atoms with E-state index in [1.165, 1.54) is 0 Å². The lowest BCUT2D eigenvalue weighted by Crippen LogP contribution is -2.29. The van der Waals surface area contributed by atoms with Gasteiger partial charge in [-0.3, -0.25) is 14.5 Å². The highest BCUT2D eigenvalue weighted by atomic mass is 35.5. The Bertz CT molecular complexity index is 1490. The Kier molecular flexibility index (Phi) is 6.12. The molecule has 1 amide bonds. The predicted molar refractivity (Wildman–Crippen MR) is 139 cm³/mol. The molecule has 6 heteroatoms. The number of nitrogens with zero attached hydrogens (tertiary/aromatic N) is 1. The van der Waals surface area contributed by atoms with Crippen LogP contribution < -0.4 is 15.1 Å². The van der Waals surface area contributed by atoms with Gasteiger partial charge < -0.3 is 9.15 Å². The Morgan fingerprint density at radius 1 is 1.00 bits per heavy atom. The van der Waals surface area contributed by atoms with Crippen LogP contribution in [-0.4, -0.2) is 12.5 Å². The first-order valence-electron chi connectivity index (χ1n) is 11.8. The average Bonchev–Trinajstić information content (AvgIpc) is 3.13. The van der Waals surface area contributed by atoms with Crippen LogP contribution in [0.5, 0.6) is 5.75 Å². The molecule has 5 rings (SSSR count). The standard InChI is InChI=1S/C29H26ClNO4/c1-4-5-13-34-22-11-9-19(10-12-22)26-25-27(32)23-14-17(2)18(3)15-24(23)35-28(25)29(33)31(26)21-8-6-7-20(30)16-21/h6-12,14-16,26H,4-5,13H2,1-3H3. The average molecular weight is 488 g/mol. The molecule has 0 aliphatic carbocycles. The first kappa shape index (κ1) is 23.2. The van der Waals surface area contributed by atoms with Gasteiger partial charge in [-0.25, -0.2) is 0 Å². The number of fused-ring (bicyclic) bond motifs is 2. The number of amides is 1. The van der Waals surface area contributed by atoms with E-state index in [9.17, 15) is 9.59 Å². The molecule has 1 unspecified atom stereocenters. The largest absolute Gasteiger partial charge is 0.494 e. The highest BCUT2D eigenvalue weighted by Crippen LogP contribution is 2.42. The molecule has 5 nitrogen and oxygen atoms in total. The van der Waals surface area contributed by atoms with Crippen molar-refractivity contribution in [1.82, 2.24) is 0 Å². The van der Waals surface area contributed by atoms with E-state index < -0.39 is 6.04 Å². The molecule has 0 spiro atoms. The Morgan fingerprint density at radius 2 is 1.74 bits per heavy atom. The number of rotatable bonds is 6. The SMILES string of the molecule is CCCCOc1ccc(C2c3c(oc4cc(C)c(C)cc4c3=O)C(=O)N2c2cccc(Cl)c2)cc1. The second kappa shape index (κ2) is 9.23. The second-order valence-electron chi connectivity index (χ2n) is 8.94. The van der Waals surface area contributed by atoms with E-state index in [-0.39, 0.29) is 17.1 Å². The van der Waals surface area contributed by atoms with Crippen LogP contribution in [0.4, 0.5) is 5.69 Å². The van der Waals surface area contributed by atoms with Gasteiger partial charge >= 0.3 is 0 Å². The van der Waals surface area contributed by atoms with Gasteiger partial charge in [-0.2, -0.15) is 0 Å². The highest BCUT2D eigenvalue weighted by molar-refractivity contribution is 6.31. The van der Waals surface area contributed by atoms with Crippen LogP contribution in [0.3, 0.4) is 0 Å². The summed E-state index contributed by atoms with van der Waals surface area (Å²) >= 11 is 6.27. The molecule has 1 aliphatic rings. The fraction of sp³-hybridized carbons (Fsp3) is 0.241. The quantitative estimate of drug-likeness (QED) is 0.275. The van der Waals surface area contributed by atoms with E-state index in [1.54, 1.807) is 23.1 Å². The molecular weight excluding hydrogens is 462 g/mol. The molecule has 0 saturated heterocycles. The molecule has 1 aromatic heterocycles. The lowest BCUT2D eigenvalue weighted by molar-refractivity contribution is 0.0971. The molecule has 35 heavy (non-hydrogen) atoms. The van der Waals surface area contributed by atoms with Crippen LogP contribution >= 0.6 is 11.6 Å². The van der Waals surface area contributed by atoms with Crippen molar-refractivity contribution in [3.05, 3.63) is 104 Å². The summed E-state index contributed by atoms with van der Waals surface area (Å²) in [4.78, 5) is 29.1. The van der Waals surface area contributed by atoms with Crippen molar-refractivity contribution in [3.63, 3.8) is 0 Å². The van der Waals surface area contributed by atoms with E-state index in [0.29, 0.717) is 33.8 Å². The van der Waals surface area contributed by atoms with Crippen LogP contribution in [0.1, 0.15) is 58.6 Å². The zero-order valence-electron chi connectivity index (χ0n) is 19.9. The number of benzene rings is 3. The van der Waals surface area contributed by atoms with Crippen molar-refractivity contribution in [1.29, 1.82) is 0 Å². The molecule has 1 aliphatic heterocycles. The minimum absolute atomic E-state index is 0.0685. The molecule has 4 aromatic rings. The van der Waals surface area contributed by atoms with Crippen LogP contribution in [0.2, 0.25) is 5.02 Å². The second-order valence-corrected chi connectivity index (χ2v) is 9.37. The minimum Gasteiger partial charge on any atom is -0.494 e. The number of aryl methyl sites for hydroxylation is 2. The monoisotopic (exact) mass is 487 g/mol. The zero-order valence-corrected chi connectivity index (χ0v) is 20.7. The highest BCUT2D eigenvalue weighted by Gasteiger charge is 2.43. The molecule has 0 fully saturated rings. The molecule has 178 valence electrons. The Morgan fingerprint density at radius 3 is 2.46 bits per heavy atom. The number of anilines is 1. The van der Waals surface area contributed by atoms with Gasteiger partial charge in [-0.05, 0) is 79.4 Å². The Balaban J connectivity index is 1.69. The van der Waals surface area contributed by atoms with E-state index >= 15 is 0 Å². The van der Waals surface area contributed by atoms with Gasteiger partial charge in [0.15, 0.2) is 5.43 Å². The lowest BCUT2D eigenvalue weighted by Gasteiger charge is -2.25. The van der Waals surface area contributed by atoms with E-state index in [4.69, 9.17) is 20.8 Å². The molecule has 2 heterocycles. The Labute approximate surface area is 208 Å². The topological polar surface area (TPSA) is 59.8 Å². The van der Waals surface area contributed by atoms with Gasteiger partial charge in [-0.1, -0.05) is 43.1 Å². The molecule has 0 bridgehead atoms. The molecule has 0 saturated carbocycles. The summed E-state index contributed by atoms with van der Waals surface area (Å²) in [5, 5.41) is 0.970. The number of halogens is 1. The summed E-state index contributed by atoms with van der Waals surface area (Å²) in [7, 11) is 0. The maximum absolute atomic E-state index is 13.8. The molecule has 3 aromatic carbocycles. The maximum atomic E-state index is 13.8. The fourth-order valence-electron chi connectivity index (χ4n) is 4.52. The summed E-state index contributed by atoms with van der Waals surface area (Å²) in [6.45, 7) is 6.67. The van der Waals surface area contributed by atoms with Crippen molar-refractivity contribution >= 4 is 34.2 Å². The van der Waals surface area contributed by atoms with Crippen LogP contribution in [0, 0.1) is 13.8 Å². The van der Waals surface area contributed by atoms with Crippen molar-refractivity contribution in [3.8, 4) is 5.75 Å². The summed E-state index contributed by atoms with van der Waals surface area (Å²) in [6, 6.07) is 17.6. The third-order valence-corrected chi connectivity index (χ3v) is 6.77. The van der Waals surface area contributed by atoms with Gasteiger partial charge in [0.25, 0.3) is 5.91 Å². The summed E-state index contributed by atoms with van der Waals surface area (Å²) in [5.74, 6) is 0.449. The minimum atomic E-state index is -0.650. The zero-order chi connectivity index (χ0) is 24.7. The Hall–Kier alpha value is -3.57. The van der Waals surface area contributed by atoms with Crippen LogP contribution in [0.25, 0.3) is 11.0 Å². The first-order valence-corrected chi connectivity index (χ1v) is 12.2. The van der Waals surface area contributed by atoms with E-state index in [1.807, 2.05) is 56.3 Å². The predicted octanol–water partition coefficient (Wildman–Crippen LogP) is 6.99. The van der Waals surface area contributed by atoms with E-state index in [2.05, 4.69) is 6.92 Å². The molecule has 0 radical (unpaired) electrons. The third-order valence-electron chi connectivity index (χ3n) is 6.54. The van der Waals surface area contributed by atoms with Crippen molar-refractivity contribution in [2.75, 3.05) is 11.5 Å². The smallest absolute Gasteiger partial charge is 0.295 e. The summed E-state index contributed by atoms with van der Waals surface area (Å²) in [5.41, 5.74) is 3.92. The number of carbonyl (C=O) groups excluding carboxylic acids is 1. The molecule has 0 N–H and O–H groups in total. The number of hydrogen-bond donors (Lipinski definition) is 0. The lowest BCUT2D eigenvalue weighted by atomic mass is 9.97. The molecular formula is C29H26ClNO4.